The Morgan fingerprint density at radius 1 is 1.19 bits per heavy atom. The van der Waals surface area contributed by atoms with Crippen molar-refractivity contribution in [2.75, 3.05) is 62.8 Å². The first-order valence-corrected chi connectivity index (χ1v) is 14.2. The second kappa shape index (κ2) is 9.73. The molecule has 5 rings (SSSR count). The number of thiophene rings is 1. The van der Waals surface area contributed by atoms with Gasteiger partial charge in [0.05, 0.1) is 42.8 Å². The van der Waals surface area contributed by atoms with E-state index in [0.29, 0.717) is 62.0 Å². The number of hydrogen-bond acceptors (Lipinski definition) is 10. The Hall–Kier alpha value is -3.13. The first-order chi connectivity index (χ1) is 17.2. The van der Waals surface area contributed by atoms with E-state index < -0.39 is 10.0 Å². The van der Waals surface area contributed by atoms with Crippen molar-refractivity contribution in [2.45, 2.75) is 6.54 Å². The third kappa shape index (κ3) is 4.78. The minimum absolute atomic E-state index is 0.144. The smallest absolute Gasteiger partial charge is 0.238 e. The molecule has 2 aliphatic rings. The van der Waals surface area contributed by atoms with Gasteiger partial charge in [-0.2, -0.15) is 4.31 Å². The van der Waals surface area contributed by atoms with Crippen LogP contribution in [-0.4, -0.2) is 91.9 Å². The maximum Gasteiger partial charge on any atom is 0.238 e. The van der Waals surface area contributed by atoms with Crippen LogP contribution in [0.4, 0.5) is 11.5 Å². The topological polar surface area (TPSA) is 146 Å². The number of fused-ring (bicyclic) bond motifs is 1. The first kappa shape index (κ1) is 24.6. The number of ether oxygens (including phenoxy) is 1. The Labute approximate surface area is 213 Å². The number of piperazine rings is 1. The van der Waals surface area contributed by atoms with Gasteiger partial charge in [0.25, 0.3) is 0 Å². The molecule has 11 nitrogen and oxygen atoms in total. The van der Waals surface area contributed by atoms with Gasteiger partial charge in [-0.3, -0.25) is 4.79 Å². The van der Waals surface area contributed by atoms with Gasteiger partial charge in [0.15, 0.2) is 11.6 Å². The molecule has 13 heteroatoms. The Bertz CT molecular complexity index is 1430. The normalized spacial score (nSPS) is 17.6. The summed E-state index contributed by atoms with van der Waals surface area (Å²) in [4.78, 5) is 27.2. The molecule has 0 aliphatic carbocycles. The average Bonchev–Trinajstić information content (AvgIpc) is 3.27. The molecule has 2 aliphatic heterocycles. The quantitative estimate of drug-likeness (QED) is 0.360. The lowest BCUT2D eigenvalue weighted by Gasteiger charge is -2.32. The minimum atomic E-state index is -3.40. The van der Waals surface area contributed by atoms with Crippen LogP contribution in [0.2, 0.25) is 0 Å². The van der Waals surface area contributed by atoms with Crippen LogP contribution in [0.15, 0.2) is 24.3 Å². The molecule has 3 N–H and O–H groups in total. The number of morpholine rings is 1. The van der Waals surface area contributed by atoms with Gasteiger partial charge in [-0.05, 0) is 12.1 Å². The number of sulfonamides is 1. The van der Waals surface area contributed by atoms with Crippen molar-refractivity contribution in [3.8, 4) is 11.4 Å². The predicted molar refractivity (Wildman–Crippen MR) is 140 cm³/mol. The molecule has 2 aromatic heterocycles. The number of nitrogens with two attached hydrogens (primary N) is 1. The number of carbonyl (C=O) groups is 1. The van der Waals surface area contributed by atoms with E-state index in [9.17, 15) is 13.2 Å². The summed E-state index contributed by atoms with van der Waals surface area (Å²) in [5.41, 5.74) is 8.59. The predicted octanol–water partition coefficient (Wildman–Crippen LogP) is 1.38. The average molecular weight is 530 g/mol. The highest BCUT2D eigenvalue weighted by atomic mass is 32.2. The lowest BCUT2D eigenvalue weighted by atomic mass is 10.1. The molecule has 0 saturated carbocycles. The van der Waals surface area contributed by atoms with Crippen LogP contribution in [0.3, 0.4) is 0 Å². The molecule has 0 unspecified atom stereocenters. The van der Waals surface area contributed by atoms with Crippen LogP contribution >= 0.6 is 11.3 Å². The monoisotopic (exact) mass is 529 g/mol. The van der Waals surface area contributed by atoms with Crippen LogP contribution < -0.4 is 10.6 Å². The van der Waals surface area contributed by atoms with E-state index in [0.717, 1.165) is 27.2 Å². The van der Waals surface area contributed by atoms with E-state index in [1.165, 1.54) is 21.9 Å². The van der Waals surface area contributed by atoms with Gasteiger partial charge in [0.1, 0.15) is 0 Å². The van der Waals surface area contributed by atoms with Crippen LogP contribution in [0, 0.1) is 5.41 Å². The largest absolute Gasteiger partial charge is 0.398 e. The highest BCUT2D eigenvalue weighted by Crippen LogP contribution is 2.36. The van der Waals surface area contributed by atoms with Gasteiger partial charge in [-0.15, -0.1) is 11.3 Å². The van der Waals surface area contributed by atoms with Crippen LogP contribution in [0.25, 0.3) is 21.6 Å². The first-order valence-electron chi connectivity index (χ1n) is 11.5. The molecule has 1 aromatic carbocycles. The molecule has 2 saturated heterocycles. The summed E-state index contributed by atoms with van der Waals surface area (Å²) in [6.45, 7) is 3.43. The van der Waals surface area contributed by atoms with Crippen LogP contribution in [-0.2, 0) is 26.1 Å². The summed E-state index contributed by atoms with van der Waals surface area (Å²) < 4.78 is 31.3. The third-order valence-corrected chi connectivity index (χ3v) is 8.69. The summed E-state index contributed by atoms with van der Waals surface area (Å²) in [6.07, 6.45) is 2.34. The highest BCUT2D eigenvalue weighted by Gasteiger charge is 2.30. The number of hydrogen-bond donors (Lipinski definition) is 2. The molecule has 4 heterocycles. The van der Waals surface area contributed by atoms with Crippen molar-refractivity contribution in [2.24, 2.45) is 0 Å². The molecule has 36 heavy (non-hydrogen) atoms. The van der Waals surface area contributed by atoms with Gasteiger partial charge in [-0.1, -0.05) is 12.1 Å². The number of nitrogens with zero attached hydrogens (tertiary/aromatic N) is 5. The number of nitrogen functional groups attached to an aromatic ring is 1. The summed E-state index contributed by atoms with van der Waals surface area (Å²) in [5.74, 6) is 1.05. The Morgan fingerprint density at radius 3 is 2.67 bits per heavy atom. The number of amides is 1. The van der Waals surface area contributed by atoms with Crippen molar-refractivity contribution >= 4 is 55.2 Å². The van der Waals surface area contributed by atoms with Gasteiger partial charge < -0.3 is 25.7 Å². The van der Waals surface area contributed by atoms with Crippen molar-refractivity contribution < 1.29 is 17.9 Å². The zero-order chi connectivity index (χ0) is 25.4. The van der Waals surface area contributed by atoms with Gasteiger partial charge in [0.2, 0.25) is 15.9 Å². The molecule has 2 fully saturated rings. The number of aromatic nitrogens is 2. The molecule has 0 radical (unpaired) electrons. The maximum atomic E-state index is 12.7. The zero-order valence-corrected chi connectivity index (χ0v) is 21.4. The second-order valence-electron chi connectivity index (χ2n) is 8.76. The van der Waals surface area contributed by atoms with E-state index in [1.807, 2.05) is 18.2 Å². The molecular formula is C23H27N7O4S2. The summed E-state index contributed by atoms with van der Waals surface area (Å²) >= 11 is 1.53. The number of anilines is 2. The molecule has 190 valence electrons. The van der Waals surface area contributed by atoms with Crippen molar-refractivity contribution in [3.63, 3.8) is 0 Å². The SMILES string of the molecule is CS(=O)(=O)N1CCN(Cc2cc3nc(-c4cccc(N)c4C=N)nc(N4CCOCC4)c3s2)C(=O)C1. The molecule has 0 bridgehead atoms. The fraction of sp³-hybridized carbons (Fsp3) is 0.391. The summed E-state index contributed by atoms with van der Waals surface area (Å²) in [6, 6.07) is 7.38. The Morgan fingerprint density at radius 2 is 1.97 bits per heavy atom. The van der Waals surface area contributed by atoms with E-state index in [1.54, 1.807) is 11.0 Å². The summed E-state index contributed by atoms with van der Waals surface area (Å²) in [7, 11) is -3.40. The maximum absolute atomic E-state index is 12.7. The fourth-order valence-electron chi connectivity index (χ4n) is 4.42. The van der Waals surface area contributed by atoms with E-state index in [4.69, 9.17) is 25.8 Å². The van der Waals surface area contributed by atoms with Crippen LogP contribution in [0.5, 0.6) is 0 Å². The molecule has 1 amide bonds. The van der Waals surface area contributed by atoms with E-state index >= 15 is 0 Å². The Balaban J connectivity index is 1.52. The Kier molecular flexibility index (Phi) is 6.64. The third-order valence-electron chi connectivity index (χ3n) is 6.34. The number of nitrogens with one attached hydrogen (secondary N) is 1. The van der Waals surface area contributed by atoms with Crippen LogP contribution in [0.1, 0.15) is 10.4 Å². The fourth-order valence-corrected chi connectivity index (χ4v) is 6.30. The number of carbonyl (C=O) groups excluding carboxylic acids is 1. The van der Waals surface area contributed by atoms with E-state index in [-0.39, 0.29) is 19.0 Å². The molecule has 0 atom stereocenters. The zero-order valence-electron chi connectivity index (χ0n) is 19.8. The lowest BCUT2D eigenvalue weighted by Crippen LogP contribution is -2.51. The van der Waals surface area contributed by atoms with Crippen molar-refractivity contribution in [1.82, 2.24) is 19.2 Å². The lowest BCUT2D eigenvalue weighted by molar-refractivity contribution is -0.134. The molecule has 3 aromatic rings. The number of rotatable bonds is 6. The van der Waals surface area contributed by atoms with Gasteiger partial charge in [0, 0.05) is 54.1 Å². The molecular weight excluding hydrogens is 502 g/mol. The second-order valence-corrected chi connectivity index (χ2v) is 11.9. The summed E-state index contributed by atoms with van der Waals surface area (Å²) in [5, 5.41) is 7.84. The standard InChI is InChI=1S/C23H27N7O4S2/c1-36(32,33)30-6-5-29(20(31)14-30)13-15-11-19-21(35-15)23(28-7-9-34-10-8-28)27-22(26-19)16-3-2-4-18(25)17(16)12-24/h2-4,11-12,24H,5-10,13-14,25H2,1H3. The van der Waals surface area contributed by atoms with E-state index in [2.05, 4.69) is 4.90 Å². The van der Waals surface area contributed by atoms with Gasteiger partial charge >= 0.3 is 0 Å². The van der Waals surface area contributed by atoms with Crippen molar-refractivity contribution in [3.05, 3.63) is 34.7 Å². The molecule has 0 spiro atoms. The minimum Gasteiger partial charge on any atom is -0.398 e. The number of benzene rings is 1. The highest BCUT2D eigenvalue weighted by molar-refractivity contribution is 7.88. The van der Waals surface area contributed by atoms with Crippen molar-refractivity contribution in [1.29, 1.82) is 5.41 Å². The van der Waals surface area contributed by atoms with Gasteiger partial charge in [-0.25, -0.2) is 18.4 Å².